The third kappa shape index (κ3) is 2.60. The Hall–Kier alpha value is -2.40. The van der Waals surface area contributed by atoms with Crippen molar-refractivity contribution in [2.24, 2.45) is 0 Å². The lowest BCUT2D eigenvalue weighted by molar-refractivity contribution is 0.0475. The van der Waals surface area contributed by atoms with Crippen LogP contribution in [0.5, 0.6) is 0 Å². The number of aryl methyl sites for hydroxylation is 1. The highest BCUT2D eigenvalue weighted by molar-refractivity contribution is 7.08. The van der Waals surface area contributed by atoms with Crippen LogP contribution in [-0.4, -0.2) is 23.3 Å². The minimum atomic E-state index is -0.470. The summed E-state index contributed by atoms with van der Waals surface area (Å²) in [6.07, 6.45) is 0. The number of para-hydroxylation sites is 1. The van der Waals surface area contributed by atoms with Crippen LogP contribution in [0.25, 0.3) is 10.9 Å². The quantitative estimate of drug-likeness (QED) is 0.591. The van der Waals surface area contributed by atoms with Crippen LogP contribution in [-0.2, 0) is 4.74 Å². The van der Waals surface area contributed by atoms with Crippen molar-refractivity contribution in [1.29, 1.82) is 0 Å². The molecule has 21 heavy (non-hydrogen) atoms. The summed E-state index contributed by atoms with van der Waals surface area (Å²) >= 11 is 1.41. The van der Waals surface area contributed by atoms with Gasteiger partial charge in [0.1, 0.15) is 0 Å². The Morgan fingerprint density at radius 2 is 2.05 bits per heavy atom. The van der Waals surface area contributed by atoms with Crippen LogP contribution in [0.3, 0.4) is 0 Å². The zero-order chi connectivity index (χ0) is 14.8. The van der Waals surface area contributed by atoms with E-state index in [-0.39, 0.29) is 12.4 Å². The number of ether oxygens (including phenoxy) is 1. The summed E-state index contributed by atoms with van der Waals surface area (Å²) in [6, 6.07) is 9.25. The Morgan fingerprint density at radius 1 is 1.24 bits per heavy atom. The van der Waals surface area contributed by atoms with Crippen LogP contribution in [0.4, 0.5) is 0 Å². The first-order chi connectivity index (χ1) is 10.2. The fourth-order valence-electron chi connectivity index (χ4n) is 2.30. The molecule has 0 aliphatic rings. The van der Waals surface area contributed by atoms with Gasteiger partial charge in [0.2, 0.25) is 5.78 Å². The molecule has 1 N–H and O–H groups in total. The van der Waals surface area contributed by atoms with Gasteiger partial charge in [-0.25, -0.2) is 4.79 Å². The molecule has 0 saturated heterocycles. The van der Waals surface area contributed by atoms with Crippen LogP contribution < -0.4 is 0 Å². The molecule has 5 heteroatoms. The summed E-state index contributed by atoms with van der Waals surface area (Å²) in [5, 5.41) is 4.35. The third-order valence-corrected chi connectivity index (χ3v) is 3.95. The minimum Gasteiger partial charge on any atom is -0.454 e. The molecule has 0 aliphatic heterocycles. The highest BCUT2D eigenvalue weighted by atomic mass is 32.1. The number of Topliss-reactive ketones (excluding diaryl/α,β-unsaturated/α-hetero) is 1. The molecule has 0 unspecified atom stereocenters. The number of hydrogen-bond donors (Lipinski definition) is 1. The number of aromatic nitrogens is 1. The number of benzene rings is 1. The van der Waals surface area contributed by atoms with Crippen molar-refractivity contribution in [2.45, 2.75) is 6.92 Å². The van der Waals surface area contributed by atoms with Gasteiger partial charge in [-0.1, -0.05) is 18.2 Å². The number of rotatable bonds is 4. The molecule has 2 aromatic heterocycles. The molecule has 1 aromatic carbocycles. The van der Waals surface area contributed by atoms with Crippen LogP contribution in [0.2, 0.25) is 0 Å². The van der Waals surface area contributed by atoms with E-state index < -0.39 is 5.97 Å². The zero-order valence-electron chi connectivity index (χ0n) is 11.4. The van der Waals surface area contributed by atoms with E-state index in [9.17, 15) is 9.59 Å². The summed E-state index contributed by atoms with van der Waals surface area (Å²) in [6.45, 7) is 1.59. The smallest absolute Gasteiger partial charge is 0.339 e. The normalized spacial score (nSPS) is 10.7. The molecular formula is C16H13NO3S. The van der Waals surface area contributed by atoms with Gasteiger partial charge in [-0.3, -0.25) is 4.79 Å². The third-order valence-electron chi connectivity index (χ3n) is 3.26. The number of H-pyrrole nitrogens is 1. The molecule has 0 radical (unpaired) electrons. The number of carbonyl (C=O) groups is 2. The number of aromatic amines is 1. The van der Waals surface area contributed by atoms with Gasteiger partial charge in [0, 0.05) is 27.5 Å². The maximum Gasteiger partial charge on any atom is 0.339 e. The largest absolute Gasteiger partial charge is 0.454 e. The first-order valence-electron chi connectivity index (χ1n) is 6.46. The summed E-state index contributed by atoms with van der Waals surface area (Å²) in [5.41, 5.74) is 2.75. The Balaban J connectivity index is 1.78. The molecule has 4 nitrogen and oxygen atoms in total. The van der Waals surface area contributed by atoms with Crippen molar-refractivity contribution in [3.63, 3.8) is 0 Å². The number of hydrogen-bond acceptors (Lipinski definition) is 4. The second kappa shape index (κ2) is 5.54. The zero-order valence-corrected chi connectivity index (χ0v) is 12.2. The van der Waals surface area contributed by atoms with Crippen LogP contribution >= 0.6 is 11.3 Å². The van der Waals surface area contributed by atoms with Crippen molar-refractivity contribution in [1.82, 2.24) is 4.98 Å². The van der Waals surface area contributed by atoms with E-state index in [1.807, 2.05) is 31.2 Å². The second-order valence-electron chi connectivity index (χ2n) is 4.68. The monoisotopic (exact) mass is 299 g/mol. The van der Waals surface area contributed by atoms with Gasteiger partial charge in [-0.05, 0) is 24.4 Å². The lowest BCUT2D eigenvalue weighted by Gasteiger charge is -2.03. The van der Waals surface area contributed by atoms with E-state index in [0.717, 1.165) is 16.6 Å². The van der Waals surface area contributed by atoms with Gasteiger partial charge in [0.05, 0.1) is 5.56 Å². The number of fused-ring (bicyclic) bond motifs is 1. The predicted octanol–water partition coefficient (Wildman–Crippen LogP) is 3.58. The SMILES string of the molecule is Cc1[nH]c2ccccc2c1C(=O)COC(=O)c1ccsc1. The molecule has 0 amide bonds. The lowest BCUT2D eigenvalue weighted by Crippen LogP contribution is -2.14. The molecule has 0 aliphatic carbocycles. The molecule has 106 valence electrons. The Kier molecular flexibility index (Phi) is 3.58. The van der Waals surface area contributed by atoms with Gasteiger partial charge < -0.3 is 9.72 Å². The van der Waals surface area contributed by atoms with Crippen molar-refractivity contribution < 1.29 is 14.3 Å². The topological polar surface area (TPSA) is 59.2 Å². The van der Waals surface area contributed by atoms with Gasteiger partial charge >= 0.3 is 5.97 Å². The highest BCUT2D eigenvalue weighted by Crippen LogP contribution is 2.22. The Morgan fingerprint density at radius 3 is 2.81 bits per heavy atom. The number of ketones is 1. The van der Waals surface area contributed by atoms with Crippen LogP contribution in [0.15, 0.2) is 41.1 Å². The summed E-state index contributed by atoms with van der Waals surface area (Å²) in [5.74, 6) is -0.671. The van der Waals surface area contributed by atoms with E-state index in [0.29, 0.717) is 11.1 Å². The molecule has 0 spiro atoms. The summed E-state index contributed by atoms with van der Waals surface area (Å²) in [4.78, 5) is 27.2. The summed E-state index contributed by atoms with van der Waals surface area (Å²) < 4.78 is 5.08. The number of nitrogens with one attached hydrogen (secondary N) is 1. The fraction of sp³-hybridized carbons (Fsp3) is 0.125. The first kappa shape index (κ1) is 13.6. The molecule has 0 saturated carbocycles. The molecule has 3 rings (SSSR count). The van der Waals surface area contributed by atoms with Crippen LogP contribution in [0, 0.1) is 6.92 Å². The van der Waals surface area contributed by atoms with E-state index in [1.165, 1.54) is 11.3 Å². The van der Waals surface area contributed by atoms with E-state index in [2.05, 4.69) is 4.98 Å². The number of carbonyl (C=O) groups excluding carboxylic acids is 2. The average molecular weight is 299 g/mol. The lowest BCUT2D eigenvalue weighted by atomic mass is 10.1. The van der Waals surface area contributed by atoms with Gasteiger partial charge in [-0.2, -0.15) is 11.3 Å². The van der Waals surface area contributed by atoms with E-state index in [4.69, 9.17) is 4.74 Å². The molecular weight excluding hydrogens is 286 g/mol. The van der Waals surface area contributed by atoms with Crippen molar-refractivity contribution in [3.05, 3.63) is 57.9 Å². The highest BCUT2D eigenvalue weighted by Gasteiger charge is 2.18. The van der Waals surface area contributed by atoms with Crippen molar-refractivity contribution in [3.8, 4) is 0 Å². The van der Waals surface area contributed by atoms with Crippen molar-refractivity contribution >= 4 is 34.0 Å². The van der Waals surface area contributed by atoms with Crippen LogP contribution in [0.1, 0.15) is 26.4 Å². The summed E-state index contributed by atoms with van der Waals surface area (Å²) in [7, 11) is 0. The molecule has 0 fully saturated rings. The second-order valence-corrected chi connectivity index (χ2v) is 5.46. The maximum atomic E-state index is 12.3. The minimum absolute atomic E-state index is 0.200. The molecule has 0 bridgehead atoms. The van der Waals surface area contributed by atoms with Gasteiger partial charge in [-0.15, -0.1) is 0 Å². The number of esters is 1. The Bertz CT molecular complexity index is 802. The van der Waals surface area contributed by atoms with Gasteiger partial charge in [0.25, 0.3) is 0 Å². The number of thiophene rings is 1. The molecule has 0 atom stereocenters. The Labute approximate surface area is 125 Å². The average Bonchev–Trinajstić information content (AvgIpc) is 3.10. The standard InChI is InChI=1S/C16H13NO3S/c1-10-15(12-4-2-3-5-13(12)17-10)14(18)8-20-16(19)11-6-7-21-9-11/h2-7,9,17H,8H2,1H3. The fourth-order valence-corrected chi connectivity index (χ4v) is 2.93. The van der Waals surface area contributed by atoms with Gasteiger partial charge in [0.15, 0.2) is 6.61 Å². The molecule has 2 heterocycles. The molecule has 3 aromatic rings. The first-order valence-corrected chi connectivity index (χ1v) is 7.41. The van der Waals surface area contributed by atoms with E-state index >= 15 is 0 Å². The maximum absolute atomic E-state index is 12.3. The van der Waals surface area contributed by atoms with Crippen molar-refractivity contribution in [2.75, 3.05) is 6.61 Å². The predicted molar refractivity (Wildman–Crippen MR) is 82.0 cm³/mol. The van der Waals surface area contributed by atoms with E-state index in [1.54, 1.807) is 16.8 Å².